The number of nitrogens with zero attached hydrogens (tertiary/aromatic N) is 4. The second kappa shape index (κ2) is 7.72. The third kappa shape index (κ3) is 4.26. The van der Waals surface area contributed by atoms with Gasteiger partial charge in [-0.05, 0) is 36.8 Å². The quantitative estimate of drug-likeness (QED) is 0.657. The zero-order valence-corrected chi connectivity index (χ0v) is 15.7. The molecule has 0 unspecified atom stereocenters. The molecule has 1 aliphatic rings. The van der Waals surface area contributed by atoms with Gasteiger partial charge in [0.25, 0.3) is 0 Å². The van der Waals surface area contributed by atoms with Gasteiger partial charge in [0, 0.05) is 19.3 Å². The summed E-state index contributed by atoms with van der Waals surface area (Å²) in [5, 5.41) is 9.23. The van der Waals surface area contributed by atoms with E-state index in [-0.39, 0.29) is 24.7 Å². The summed E-state index contributed by atoms with van der Waals surface area (Å²) in [6.45, 7) is -0.0754. The predicted octanol–water partition coefficient (Wildman–Crippen LogP) is 4.37. The van der Waals surface area contributed by atoms with Gasteiger partial charge in [-0.1, -0.05) is 0 Å². The molecule has 0 spiro atoms. The summed E-state index contributed by atoms with van der Waals surface area (Å²) in [6.07, 6.45) is -10.3. The molecular formula is C19H13F7N4O. The van der Waals surface area contributed by atoms with Crippen LogP contribution >= 0.6 is 0 Å². The monoisotopic (exact) mass is 446 g/mol. The number of carbonyl (C=O) groups is 1. The van der Waals surface area contributed by atoms with Crippen molar-refractivity contribution < 1.29 is 35.5 Å². The van der Waals surface area contributed by atoms with Crippen molar-refractivity contribution in [3.8, 4) is 6.07 Å². The molecule has 0 aliphatic carbocycles. The first-order chi connectivity index (χ1) is 14.3. The van der Waals surface area contributed by atoms with E-state index in [1.54, 1.807) is 0 Å². The smallest absolute Gasteiger partial charge is 0.343 e. The van der Waals surface area contributed by atoms with Crippen LogP contribution in [0.5, 0.6) is 0 Å². The van der Waals surface area contributed by atoms with Crippen LogP contribution in [-0.2, 0) is 17.1 Å². The third-order valence-corrected chi connectivity index (χ3v) is 4.83. The van der Waals surface area contributed by atoms with E-state index < -0.39 is 52.8 Å². The fourth-order valence-electron chi connectivity index (χ4n) is 3.13. The summed E-state index contributed by atoms with van der Waals surface area (Å²) in [7, 11) is 1.33. The SMILES string of the molecule is CN(C(=O)[C@@H]1CCN1c1nc(C(F)(F)F)cc(C(F)(F)F)c1C#N)c1ccc(F)cc1. The molecule has 0 bridgehead atoms. The van der Waals surface area contributed by atoms with E-state index in [2.05, 4.69) is 4.98 Å². The van der Waals surface area contributed by atoms with E-state index in [4.69, 9.17) is 0 Å². The van der Waals surface area contributed by atoms with Crippen LogP contribution in [0.4, 0.5) is 42.2 Å². The minimum absolute atomic E-state index is 0.0754. The molecule has 0 radical (unpaired) electrons. The van der Waals surface area contributed by atoms with Crippen LogP contribution in [0, 0.1) is 17.1 Å². The summed E-state index contributed by atoms with van der Waals surface area (Å²) in [6, 6.07) is 4.68. The Bertz CT molecular complexity index is 1040. The maximum Gasteiger partial charge on any atom is 0.433 e. The number of anilines is 2. The van der Waals surface area contributed by atoms with Crippen LogP contribution in [0.15, 0.2) is 30.3 Å². The molecule has 2 heterocycles. The second-order valence-corrected chi connectivity index (χ2v) is 6.73. The molecule has 1 aromatic heterocycles. The molecule has 2 aromatic rings. The molecule has 0 saturated carbocycles. The summed E-state index contributed by atoms with van der Waals surface area (Å²) in [5.74, 6) is -2.07. The molecule has 1 saturated heterocycles. The minimum Gasteiger partial charge on any atom is -0.343 e. The van der Waals surface area contributed by atoms with Crippen molar-refractivity contribution in [2.75, 3.05) is 23.4 Å². The molecule has 31 heavy (non-hydrogen) atoms. The van der Waals surface area contributed by atoms with Gasteiger partial charge in [-0.15, -0.1) is 0 Å². The highest BCUT2D eigenvalue weighted by molar-refractivity contribution is 5.99. The Labute approximate surface area is 171 Å². The average molecular weight is 446 g/mol. The van der Waals surface area contributed by atoms with E-state index in [0.29, 0.717) is 0 Å². The normalized spacial score (nSPS) is 16.5. The van der Waals surface area contributed by atoms with Crippen LogP contribution in [0.1, 0.15) is 23.2 Å². The standard InChI is InChI=1S/C19H13F7N4O/c1-29(11-4-2-10(20)3-5-11)17(31)14-6-7-30(14)16-12(9-27)13(18(21,22)23)8-15(28-16)19(24,25)26/h2-5,8,14H,6-7H2,1H3/t14-/m0/s1. The number of nitriles is 1. The number of halogens is 7. The molecule has 1 aromatic carbocycles. The van der Waals surface area contributed by atoms with Gasteiger partial charge in [-0.3, -0.25) is 4.79 Å². The van der Waals surface area contributed by atoms with Crippen LogP contribution in [0.2, 0.25) is 0 Å². The van der Waals surface area contributed by atoms with Gasteiger partial charge in [-0.25, -0.2) is 9.37 Å². The van der Waals surface area contributed by atoms with Crippen LogP contribution < -0.4 is 9.80 Å². The van der Waals surface area contributed by atoms with Gasteiger partial charge in [0.2, 0.25) is 5.91 Å². The number of benzene rings is 1. The Kier molecular flexibility index (Phi) is 5.56. The third-order valence-electron chi connectivity index (χ3n) is 4.83. The van der Waals surface area contributed by atoms with Crippen molar-refractivity contribution in [2.45, 2.75) is 24.8 Å². The molecular weight excluding hydrogens is 433 g/mol. The van der Waals surface area contributed by atoms with Crippen molar-refractivity contribution in [1.29, 1.82) is 5.26 Å². The van der Waals surface area contributed by atoms with E-state index in [1.165, 1.54) is 25.2 Å². The van der Waals surface area contributed by atoms with Crippen molar-refractivity contribution in [1.82, 2.24) is 4.98 Å². The van der Waals surface area contributed by atoms with Crippen molar-refractivity contribution >= 4 is 17.4 Å². The molecule has 3 rings (SSSR count). The Hall–Kier alpha value is -3.36. The summed E-state index contributed by atoms with van der Waals surface area (Å²) in [4.78, 5) is 18.1. The first-order valence-electron chi connectivity index (χ1n) is 8.74. The van der Waals surface area contributed by atoms with Gasteiger partial charge in [0.05, 0.1) is 5.56 Å². The van der Waals surface area contributed by atoms with E-state index in [1.807, 2.05) is 0 Å². The first kappa shape index (κ1) is 22.3. The number of hydrogen-bond acceptors (Lipinski definition) is 4. The zero-order chi connectivity index (χ0) is 23.1. The highest BCUT2D eigenvalue weighted by Gasteiger charge is 2.45. The Morgan fingerprint density at radius 1 is 1.16 bits per heavy atom. The van der Waals surface area contributed by atoms with E-state index in [9.17, 15) is 40.8 Å². The Morgan fingerprint density at radius 3 is 2.23 bits per heavy atom. The highest BCUT2D eigenvalue weighted by Crippen LogP contribution is 2.41. The molecule has 164 valence electrons. The van der Waals surface area contributed by atoms with Gasteiger partial charge in [0.15, 0.2) is 0 Å². The van der Waals surface area contributed by atoms with E-state index in [0.717, 1.165) is 21.9 Å². The van der Waals surface area contributed by atoms with Crippen molar-refractivity contribution in [3.05, 3.63) is 53.0 Å². The molecule has 12 heteroatoms. The van der Waals surface area contributed by atoms with E-state index >= 15 is 0 Å². The molecule has 0 N–H and O–H groups in total. The Balaban J connectivity index is 2.02. The minimum atomic E-state index is -5.24. The fourth-order valence-corrected chi connectivity index (χ4v) is 3.13. The Morgan fingerprint density at radius 2 is 1.77 bits per heavy atom. The van der Waals surface area contributed by atoms with Crippen molar-refractivity contribution in [3.63, 3.8) is 0 Å². The van der Waals surface area contributed by atoms with Gasteiger partial charge < -0.3 is 9.80 Å². The van der Waals surface area contributed by atoms with Gasteiger partial charge in [-0.2, -0.15) is 31.6 Å². The lowest BCUT2D eigenvalue weighted by molar-refractivity contribution is -0.145. The lowest BCUT2D eigenvalue weighted by atomic mass is 9.98. The van der Waals surface area contributed by atoms with Gasteiger partial charge in [0.1, 0.15) is 35.0 Å². The first-order valence-corrected chi connectivity index (χ1v) is 8.74. The number of hydrogen-bond donors (Lipinski definition) is 0. The number of pyridine rings is 1. The summed E-state index contributed by atoms with van der Waals surface area (Å²) >= 11 is 0. The highest BCUT2D eigenvalue weighted by atomic mass is 19.4. The lowest BCUT2D eigenvalue weighted by Crippen LogP contribution is -2.57. The maximum atomic E-state index is 13.3. The zero-order valence-electron chi connectivity index (χ0n) is 15.7. The summed E-state index contributed by atoms with van der Waals surface area (Å²) < 4.78 is 92.6. The second-order valence-electron chi connectivity index (χ2n) is 6.73. The molecule has 1 fully saturated rings. The van der Waals surface area contributed by atoms with Crippen LogP contribution in [0.25, 0.3) is 0 Å². The van der Waals surface area contributed by atoms with Gasteiger partial charge >= 0.3 is 12.4 Å². The number of alkyl halides is 6. The summed E-state index contributed by atoms with van der Waals surface area (Å²) in [5.41, 5.74) is -4.43. The largest absolute Gasteiger partial charge is 0.433 e. The number of likely N-dealkylation sites (N-methyl/N-ethyl adjacent to an activating group) is 1. The lowest BCUT2D eigenvalue weighted by Gasteiger charge is -2.43. The average Bonchev–Trinajstić information content (AvgIpc) is 2.65. The van der Waals surface area contributed by atoms with Crippen molar-refractivity contribution in [2.24, 2.45) is 0 Å². The molecule has 1 aliphatic heterocycles. The fraction of sp³-hybridized carbons (Fsp3) is 0.316. The molecule has 1 amide bonds. The maximum absolute atomic E-state index is 13.3. The van der Waals surface area contributed by atoms with Crippen LogP contribution in [-0.4, -0.2) is 30.5 Å². The van der Waals surface area contributed by atoms with Crippen LogP contribution in [0.3, 0.4) is 0 Å². The predicted molar refractivity (Wildman–Crippen MR) is 94.5 cm³/mol. The topological polar surface area (TPSA) is 60.2 Å². The number of amides is 1. The number of rotatable bonds is 3. The molecule has 1 atom stereocenters. The number of aromatic nitrogens is 1. The molecule has 5 nitrogen and oxygen atoms in total. The number of carbonyl (C=O) groups excluding carboxylic acids is 1.